The van der Waals surface area contributed by atoms with E-state index in [9.17, 15) is 24.5 Å². The molecule has 13 heteroatoms. The predicted molar refractivity (Wildman–Crippen MR) is 151 cm³/mol. The van der Waals surface area contributed by atoms with Crippen LogP contribution in [0.15, 0.2) is 64.8 Å². The third kappa shape index (κ3) is 5.70. The Morgan fingerprint density at radius 2 is 1.93 bits per heavy atom. The van der Waals surface area contributed by atoms with Crippen molar-refractivity contribution in [2.75, 3.05) is 19.1 Å². The molecule has 0 spiro atoms. The van der Waals surface area contributed by atoms with Gasteiger partial charge in [-0.15, -0.1) is 23.5 Å². The number of hydrogen-bond acceptors (Lipinski definition) is 11. The lowest BCUT2D eigenvalue weighted by Crippen LogP contribution is -2.71. The first-order valence-electron chi connectivity index (χ1n) is 12.1. The van der Waals surface area contributed by atoms with E-state index in [1.54, 1.807) is 56.7 Å². The molecule has 40 heavy (non-hydrogen) atoms. The quantitative estimate of drug-likeness (QED) is 0.132. The molecular formula is C27H27N3O8S2. The van der Waals surface area contributed by atoms with Gasteiger partial charge in [0, 0.05) is 36.6 Å². The van der Waals surface area contributed by atoms with Gasteiger partial charge in [-0.2, -0.15) is 0 Å². The van der Waals surface area contributed by atoms with Gasteiger partial charge in [-0.3, -0.25) is 29.6 Å². The molecule has 11 nitrogen and oxygen atoms in total. The number of aliphatic imine (C=N–C) groups is 1. The fraction of sp³-hybridized carbons (Fsp3) is 0.333. The molecule has 2 heterocycles. The number of esters is 2. The van der Waals surface area contributed by atoms with E-state index in [0.717, 1.165) is 5.56 Å². The molecule has 1 amide bonds. The summed E-state index contributed by atoms with van der Waals surface area (Å²) in [5, 5.41) is 10.4. The summed E-state index contributed by atoms with van der Waals surface area (Å²) in [6.45, 7) is 2.89. The zero-order chi connectivity index (χ0) is 29.0. The number of hydrogen-bond donors (Lipinski definition) is 0. The SMILES string of the molecule is COc1ccc(COC(=O)C2=C(C(C)OC(C)=O)CS[C@H]3N2C(=O)[C@]3(/N=C/c2ccc([N+](=O)[O-])cc2)SC)cc1. The first-order valence-corrected chi connectivity index (χ1v) is 14.4. The third-order valence-corrected chi connectivity index (χ3v) is 9.03. The van der Waals surface area contributed by atoms with Gasteiger partial charge in [-0.1, -0.05) is 12.1 Å². The number of benzene rings is 2. The number of nitro groups is 1. The van der Waals surface area contributed by atoms with E-state index < -0.39 is 39.1 Å². The molecule has 3 atom stereocenters. The van der Waals surface area contributed by atoms with Crippen LogP contribution in [-0.4, -0.2) is 69.4 Å². The second-order valence-electron chi connectivity index (χ2n) is 8.90. The highest BCUT2D eigenvalue weighted by atomic mass is 32.2. The molecule has 1 fully saturated rings. The van der Waals surface area contributed by atoms with Gasteiger partial charge in [0.1, 0.15) is 29.5 Å². The molecule has 0 radical (unpaired) electrons. The van der Waals surface area contributed by atoms with E-state index in [1.165, 1.54) is 53.7 Å². The highest BCUT2D eigenvalue weighted by molar-refractivity contribution is 8.05. The summed E-state index contributed by atoms with van der Waals surface area (Å²) >= 11 is 2.64. The average molecular weight is 586 g/mol. The first-order chi connectivity index (χ1) is 19.1. The second-order valence-corrected chi connectivity index (χ2v) is 11.0. The highest BCUT2D eigenvalue weighted by Gasteiger charge is 2.65. The Kier molecular flexibility index (Phi) is 8.84. The minimum Gasteiger partial charge on any atom is -0.497 e. The van der Waals surface area contributed by atoms with Crippen LogP contribution in [0.2, 0.25) is 0 Å². The Hall–Kier alpha value is -3.84. The van der Waals surface area contributed by atoms with Crippen LogP contribution in [0.1, 0.15) is 25.0 Å². The number of ether oxygens (including phenoxy) is 3. The summed E-state index contributed by atoms with van der Waals surface area (Å²) in [6, 6.07) is 12.8. The number of β-lactam (4-membered cyclic amide) rings is 1. The number of nitrogens with zero attached hydrogens (tertiary/aromatic N) is 3. The fourth-order valence-corrected chi connectivity index (χ4v) is 6.98. The molecule has 0 N–H and O–H groups in total. The van der Waals surface area contributed by atoms with Crippen molar-refractivity contribution in [2.45, 2.75) is 36.8 Å². The van der Waals surface area contributed by atoms with Crippen molar-refractivity contribution in [1.82, 2.24) is 4.90 Å². The van der Waals surface area contributed by atoms with Crippen LogP contribution in [0.5, 0.6) is 5.75 Å². The van der Waals surface area contributed by atoms with Crippen LogP contribution in [0.3, 0.4) is 0 Å². The smallest absolute Gasteiger partial charge is 0.355 e. The highest BCUT2D eigenvalue weighted by Crippen LogP contribution is 2.53. The zero-order valence-electron chi connectivity index (χ0n) is 22.2. The maximum atomic E-state index is 13.7. The van der Waals surface area contributed by atoms with Gasteiger partial charge in [0.05, 0.1) is 12.0 Å². The standard InChI is InChI=1S/C27H27N3O8S2/c1-16(38-17(2)31)22-15-40-26-27(39-4,28-13-18-5-9-20(10-6-18)30(34)35)25(33)29(26)23(22)24(32)37-14-19-7-11-21(36-3)12-8-19/h5-13,16,26H,14-15H2,1-4H3/b28-13+/t16?,26-,27+/m1/s1. The van der Waals surface area contributed by atoms with E-state index in [-0.39, 0.29) is 18.0 Å². The number of carbonyl (C=O) groups excluding carboxylic acids is 3. The van der Waals surface area contributed by atoms with Gasteiger partial charge in [-0.25, -0.2) is 4.79 Å². The maximum Gasteiger partial charge on any atom is 0.355 e. The lowest BCUT2D eigenvalue weighted by Gasteiger charge is -2.54. The second kappa shape index (κ2) is 12.1. The predicted octanol–water partition coefficient (Wildman–Crippen LogP) is 3.95. The van der Waals surface area contributed by atoms with Crippen LogP contribution in [-0.2, 0) is 30.5 Å². The Morgan fingerprint density at radius 3 is 2.50 bits per heavy atom. The fourth-order valence-electron chi connectivity index (χ4n) is 4.30. The molecule has 2 aliphatic heterocycles. The molecule has 0 saturated carbocycles. The molecule has 0 aliphatic carbocycles. The van der Waals surface area contributed by atoms with Crippen molar-refractivity contribution in [3.8, 4) is 5.75 Å². The van der Waals surface area contributed by atoms with Gasteiger partial charge in [0.25, 0.3) is 11.6 Å². The molecule has 0 bridgehead atoms. The summed E-state index contributed by atoms with van der Waals surface area (Å²) in [7, 11) is 1.56. The van der Waals surface area contributed by atoms with E-state index in [2.05, 4.69) is 4.99 Å². The largest absolute Gasteiger partial charge is 0.497 e. The van der Waals surface area contributed by atoms with E-state index in [0.29, 0.717) is 22.6 Å². The van der Waals surface area contributed by atoms with Gasteiger partial charge in [0.15, 0.2) is 0 Å². The molecular weight excluding hydrogens is 558 g/mol. The van der Waals surface area contributed by atoms with Crippen molar-refractivity contribution >= 4 is 53.3 Å². The minimum atomic E-state index is -1.22. The molecule has 2 aliphatic rings. The number of thioether (sulfide) groups is 2. The molecule has 4 rings (SSSR count). The van der Waals surface area contributed by atoms with Crippen LogP contribution >= 0.6 is 23.5 Å². The summed E-state index contributed by atoms with van der Waals surface area (Å²) in [5.74, 6) is -0.669. The van der Waals surface area contributed by atoms with Gasteiger partial charge in [-0.05, 0) is 48.6 Å². The van der Waals surface area contributed by atoms with E-state index in [4.69, 9.17) is 14.2 Å². The molecule has 1 saturated heterocycles. The van der Waals surface area contributed by atoms with Crippen molar-refractivity contribution in [1.29, 1.82) is 0 Å². The summed E-state index contributed by atoms with van der Waals surface area (Å²) in [5.41, 5.74) is 1.78. The Balaban J connectivity index is 1.61. The normalized spacial score (nSPS) is 20.9. The van der Waals surface area contributed by atoms with Gasteiger partial charge in [0.2, 0.25) is 4.87 Å². The van der Waals surface area contributed by atoms with Crippen LogP contribution in [0.4, 0.5) is 5.69 Å². The average Bonchev–Trinajstić information content (AvgIpc) is 2.95. The number of fused-ring (bicyclic) bond motifs is 1. The molecule has 1 unspecified atom stereocenters. The third-order valence-electron chi connectivity index (χ3n) is 6.41. The summed E-state index contributed by atoms with van der Waals surface area (Å²) in [6.07, 6.45) is 2.50. The molecule has 2 aromatic carbocycles. The molecule has 210 valence electrons. The summed E-state index contributed by atoms with van der Waals surface area (Å²) in [4.78, 5) is 54.0. The van der Waals surface area contributed by atoms with Crippen molar-refractivity contribution in [2.24, 2.45) is 4.99 Å². The number of non-ortho nitro benzene ring substituents is 1. The van der Waals surface area contributed by atoms with Gasteiger partial charge < -0.3 is 14.2 Å². The topological polar surface area (TPSA) is 138 Å². The number of carbonyl (C=O) groups is 3. The Bertz CT molecular complexity index is 1380. The van der Waals surface area contributed by atoms with E-state index >= 15 is 0 Å². The number of methoxy groups -OCH3 is 1. The van der Waals surface area contributed by atoms with Crippen LogP contribution in [0, 0.1) is 10.1 Å². The minimum absolute atomic E-state index is 0.0344. The first kappa shape index (κ1) is 29.2. The summed E-state index contributed by atoms with van der Waals surface area (Å²) < 4.78 is 16.1. The van der Waals surface area contributed by atoms with Gasteiger partial charge >= 0.3 is 11.9 Å². The number of amides is 1. The number of rotatable bonds is 10. The lowest BCUT2D eigenvalue weighted by atomic mass is 10.0. The van der Waals surface area contributed by atoms with Crippen LogP contribution < -0.4 is 4.74 Å². The van der Waals surface area contributed by atoms with Crippen molar-refractivity contribution in [3.05, 3.63) is 81.0 Å². The molecule has 2 aromatic rings. The zero-order valence-corrected chi connectivity index (χ0v) is 23.8. The Labute approximate surface area is 239 Å². The Morgan fingerprint density at radius 1 is 1.25 bits per heavy atom. The van der Waals surface area contributed by atoms with Crippen molar-refractivity contribution < 1.29 is 33.5 Å². The monoisotopic (exact) mass is 585 g/mol. The van der Waals surface area contributed by atoms with Crippen molar-refractivity contribution in [3.63, 3.8) is 0 Å². The van der Waals surface area contributed by atoms with Crippen LogP contribution in [0.25, 0.3) is 0 Å². The maximum absolute atomic E-state index is 13.7. The van der Waals surface area contributed by atoms with E-state index in [1.807, 2.05) is 0 Å². The lowest BCUT2D eigenvalue weighted by molar-refractivity contribution is -0.384. The number of nitro benzene ring substituents is 1. The molecule has 0 aromatic heterocycles.